The van der Waals surface area contributed by atoms with Gasteiger partial charge < -0.3 is 9.47 Å². The summed E-state index contributed by atoms with van der Waals surface area (Å²) in [4.78, 5) is 0. The summed E-state index contributed by atoms with van der Waals surface area (Å²) < 4.78 is 13.6. The van der Waals surface area contributed by atoms with E-state index < -0.39 is 0 Å². The summed E-state index contributed by atoms with van der Waals surface area (Å²) in [6.07, 6.45) is 1.01. The summed E-state index contributed by atoms with van der Waals surface area (Å²) in [5.74, 6) is 0. The monoisotopic (exact) mass is 290 g/mol. The molecule has 5 heteroatoms. The lowest BCUT2D eigenvalue weighted by Gasteiger charge is -2.12. The van der Waals surface area contributed by atoms with Gasteiger partial charge in [0.25, 0.3) is 0 Å². The molecule has 0 N–H and O–H groups in total. The zero-order valence-corrected chi connectivity index (χ0v) is 11.9. The van der Waals surface area contributed by atoms with Gasteiger partial charge in [-0.1, -0.05) is 6.92 Å². The van der Waals surface area contributed by atoms with Crippen LogP contribution in [-0.2, 0) is 29.5 Å². The van der Waals surface area contributed by atoms with Crippen LogP contribution in [0.3, 0.4) is 0 Å². The van der Waals surface area contributed by atoms with Crippen LogP contribution in [0.15, 0.2) is 4.47 Å². The van der Waals surface area contributed by atoms with Crippen molar-refractivity contribution in [3.8, 4) is 0 Å². The maximum absolute atomic E-state index is 5.67. The fourth-order valence-corrected chi connectivity index (χ4v) is 2.21. The number of nitrogens with zero attached hydrogens (tertiary/aromatic N) is 2. The lowest BCUT2D eigenvalue weighted by Crippen LogP contribution is -2.15. The Morgan fingerprint density at radius 3 is 2.69 bits per heavy atom. The van der Waals surface area contributed by atoms with Crippen molar-refractivity contribution in [2.75, 3.05) is 13.7 Å². The maximum atomic E-state index is 5.67. The van der Waals surface area contributed by atoms with Crippen molar-refractivity contribution in [3.05, 3.63) is 15.9 Å². The van der Waals surface area contributed by atoms with Crippen molar-refractivity contribution in [1.82, 2.24) is 9.78 Å². The number of hydrogen-bond acceptors (Lipinski definition) is 3. The van der Waals surface area contributed by atoms with E-state index in [4.69, 9.17) is 9.47 Å². The molecule has 0 fully saturated rings. The molecule has 4 nitrogen and oxygen atoms in total. The van der Waals surface area contributed by atoms with Gasteiger partial charge in [-0.25, -0.2) is 0 Å². The Balaban J connectivity index is 2.63. The topological polar surface area (TPSA) is 36.3 Å². The standard InChI is InChI=1S/C11H19BrN2O2/c1-5-9-11(12)10(14(3)13-9)7-16-8(2)6-15-4/h8H,5-7H2,1-4H3. The minimum absolute atomic E-state index is 0.0943. The smallest absolute Gasteiger partial charge is 0.0901 e. The fourth-order valence-electron chi connectivity index (χ4n) is 1.48. The molecule has 0 saturated carbocycles. The second kappa shape index (κ2) is 6.37. The van der Waals surface area contributed by atoms with Crippen molar-refractivity contribution in [1.29, 1.82) is 0 Å². The molecular formula is C11H19BrN2O2. The minimum Gasteiger partial charge on any atom is -0.382 e. The molecule has 0 bridgehead atoms. The molecule has 1 atom stereocenters. The van der Waals surface area contributed by atoms with E-state index in [-0.39, 0.29) is 6.10 Å². The molecule has 0 aromatic carbocycles. The van der Waals surface area contributed by atoms with Gasteiger partial charge in [0, 0.05) is 14.2 Å². The first-order valence-corrected chi connectivity index (χ1v) is 6.20. The van der Waals surface area contributed by atoms with E-state index in [9.17, 15) is 0 Å². The number of methoxy groups -OCH3 is 1. The van der Waals surface area contributed by atoms with E-state index in [1.54, 1.807) is 7.11 Å². The van der Waals surface area contributed by atoms with Gasteiger partial charge in [-0.15, -0.1) is 0 Å². The van der Waals surface area contributed by atoms with Crippen LogP contribution in [0.25, 0.3) is 0 Å². The van der Waals surface area contributed by atoms with Crippen LogP contribution < -0.4 is 0 Å². The number of aromatic nitrogens is 2. The van der Waals surface area contributed by atoms with Crippen molar-refractivity contribution < 1.29 is 9.47 Å². The van der Waals surface area contributed by atoms with Crippen LogP contribution >= 0.6 is 15.9 Å². The Bertz CT molecular complexity index is 339. The van der Waals surface area contributed by atoms with Crippen LogP contribution in [0, 0.1) is 0 Å². The highest BCUT2D eigenvalue weighted by Gasteiger charge is 2.13. The van der Waals surface area contributed by atoms with E-state index in [0.29, 0.717) is 13.2 Å². The van der Waals surface area contributed by atoms with E-state index >= 15 is 0 Å². The third-order valence-electron chi connectivity index (χ3n) is 2.41. The third kappa shape index (κ3) is 3.30. The minimum atomic E-state index is 0.0943. The van der Waals surface area contributed by atoms with Gasteiger partial charge in [-0.3, -0.25) is 4.68 Å². The van der Waals surface area contributed by atoms with Crippen LogP contribution in [-0.4, -0.2) is 29.6 Å². The SMILES string of the molecule is CCc1nn(C)c(COC(C)COC)c1Br. The maximum Gasteiger partial charge on any atom is 0.0901 e. The Kier molecular flexibility index (Phi) is 5.44. The Labute approximate surface area is 105 Å². The summed E-state index contributed by atoms with van der Waals surface area (Å²) >= 11 is 3.56. The molecule has 16 heavy (non-hydrogen) atoms. The second-order valence-corrected chi connectivity index (χ2v) is 4.55. The average Bonchev–Trinajstić information content (AvgIpc) is 2.52. The van der Waals surface area contributed by atoms with Crippen molar-refractivity contribution in [2.24, 2.45) is 7.05 Å². The first kappa shape index (κ1) is 13.7. The van der Waals surface area contributed by atoms with Gasteiger partial charge in [0.1, 0.15) is 0 Å². The van der Waals surface area contributed by atoms with Crippen molar-refractivity contribution in [3.63, 3.8) is 0 Å². The number of ether oxygens (including phenoxy) is 2. The molecule has 0 aliphatic carbocycles. The lowest BCUT2D eigenvalue weighted by molar-refractivity contribution is -0.00263. The first-order chi connectivity index (χ1) is 7.60. The van der Waals surface area contributed by atoms with E-state index in [0.717, 1.165) is 22.3 Å². The number of halogens is 1. The molecular weight excluding hydrogens is 272 g/mol. The second-order valence-electron chi connectivity index (χ2n) is 3.76. The third-order valence-corrected chi connectivity index (χ3v) is 3.32. The molecule has 92 valence electrons. The van der Waals surface area contributed by atoms with Crippen molar-refractivity contribution in [2.45, 2.75) is 33.0 Å². The number of aryl methyl sites for hydroxylation is 2. The van der Waals surface area contributed by atoms with Crippen LogP contribution in [0.4, 0.5) is 0 Å². The van der Waals surface area contributed by atoms with Crippen LogP contribution in [0.2, 0.25) is 0 Å². The van der Waals surface area contributed by atoms with E-state index in [1.807, 2.05) is 18.7 Å². The van der Waals surface area contributed by atoms with Gasteiger partial charge in [0.2, 0.25) is 0 Å². The van der Waals surface area contributed by atoms with Gasteiger partial charge in [0.05, 0.1) is 35.2 Å². The molecule has 1 heterocycles. The predicted octanol–water partition coefficient (Wildman–Crippen LogP) is 2.30. The van der Waals surface area contributed by atoms with Crippen LogP contribution in [0.5, 0.6) is 0 Å². The summed E-state index contributed by atoms with van der Waals surface area (Å²) in [5.41, 5.74) is 2.14. The number of rotatable bonds is 6. The average molecular weight is 291 g/mol. The zero-order chi connectivity index (χ0) is 12.1. The molecule has 1 rings (SSSR count). The lowest BCUT2D eigenvalue weighted by atomic mass is 10.3. The summed E-state index contributed by atoms with van der Waals surface area (Å²) in [7, 11) is 3.61. The quantitative estimate of drug-likeness (QED) is 0.807. The summed E-state index contributed by atoms with van der Waals surface area (Å²) in [6, 6.07) is 0. The van der Waals surface area contributed by atoms with Gasteiger partial charge >= 0.3 is 0 Å². The zero-order valence-electron chi connectivity index (χ0n) is 10.3. The molecule has 0 aliphatic rings. The highest BCUT2D eigenvalue weighted by Crippen LogP contribution is 2.22. The molecule has 0 saturated heterocycles. The highest BCUT2D eigenvalue weighted by molar-refractivity contribution is 9.10. The number of hydrogen-bond donors (Lipinski definition) is 0. The predicted molar refractivity (Wildman–Crippen MR) is 66.4 cm³/mol. The van der Waals surface area contributed by atoms with Crippen LogP contribution in [0.1, 0.15) is 25.2 Å². The summed E-state index contributed by atoms with van der Waals surface area (Å²) in [5, 5.41) is 4.41. The molecule has 0 amide bonds. The molecule has 0 aliphatic heterocycles. The van der Waals surface area contributed by atoms with E-state index in [2.05, 4.69) is 28.0 Å². The first-order valence-electron chi connectivity index (χ1n) is 5.40. The Hall–Kier alpha value is -0.390. The van der Waals surface area contributed by atoms with Gasteiger partial charge in [-0.2, -0.15) is 5.10 Å². The molecule has 1 aromatic heterocycles. The fraction of sp³-hybridized carbons (Fsp3) is 0.727. The molecule has 0 spiro atoms. The van der Waals surface area contributed by atoms with E-state index in [1.165, 1.54) is 0 Å². The van der Waals surface area contributed by atoms with Gasteiger partial charge in [-0.05, 0) is 29.3 Å². The largest absolute Gasteiger partial charge is 0.382 e. The Morgan fingerprint density at radius 2 is 2.19 bits per heavy atom. The normalized spacial score (nSPS) is 13.1. The molecule has 1 unspecified atom stereocenters. The van der Waals surface area contributed by atoms with Crippen molar-refractivity contribution >= 4 is 15.9 Å². The molecule has 1 aromatic rings. The van der Waals surface area contributed by atoms with Gasteiger partial charge in [0.15, 0.2) is 0 Å². The molecule has 0 radical (unpaired) electrons. The highest BCUT2D eigenvalue weighted by atomic mass is 79.9. The summed E-state index contributed by atoms with van der Waals surface area (Å²) in [6.45, 7) is 5.24. The Morgan fingerprint density at radius 1 is 1.50 bits per heavy atom.